The molecule has 0 bridgehead atoms. The molecule has 1 saturated heterocycles. The lowest BCUT2D eigenvalue weighted by molar-refractivity contribution is 0.203. The molecule has 1 aliphatic heterocycles. The molecule has 2 aromatic heterocycles. The van der Waals surface area contributed by atoms with Crippen LogP contribution in [0.25, 0.3) is 0 Å². The van der Waals surface area contributed by atoms with Gasteiger partial charge in [-0.2, -0.15) is 4.98 Å². The van der Waals surface area contributed by atoms with E-state index in [0.29, 0.717) is 17.7 Å². The van der Waals surface area contributed by atoms with Crippen molar-refractivity contribution in [3.8, 4) is 5.88 Å². The fourth-order valence-electron chi connectivity index (χ4n) is 4.12. The van der Waals surface area contributed by atoms with Gasteiger partial charge in [0.15, 0.2) is 0 Å². The Morgan fingerprint density at radius 2 is 1.86 bits per heavy atom. The number of likely N-dealkylation sites (N-methyl/N-ethyl adjacent to an activating group) is 1. The maximum Gasteiger partial charge on any atom is 0.231 e. The summed E-state index contributed by atoms with van der Waals surface area (Å²) < 4.78 is 5.92. The Bertz CT molecular complexity index is 754. The third-order valence-electron chi connectivity index (χ3n) is 5.99. The molecular formula is C22H32N6O. The molecular weight excluding hydrogens is 364 g/mol. The maximum absolute atomic E-state index is 5.92. The average Bonchev–Trinajstić information content (AvgIpc) is 2.79. The predicted molar refractivity (Wildman–Crippen MR) is 116 cm³/mol. The van der Waals surface area contributed by atoms with Gasteiger partial charge in [0.25, 0.3) is 0 Å². The zero-order valence-corrected chi connectivity index (χ0v) is 17.4. The van der Waals surface area contributed by atoms with Gasteiger partial charge in [0.05, 0.1) is 18.5 Å². The first-order valence-electron chi connectivity index (χ1n) is 11.0. The van der Waals surface area contributed by atoms with E-state index in [1.54, 1.807) is 6.20 Å². The van der Waals surface area contributed by atoms with Crippen molar-refractivity contribution in [2.75, 3.05) is 49.5 Å². The summed E-state index contributed by atoms with van der Waals surface area (Å²) in [4.78, 5) is 18.2. The van der Waals surface area contributed by atoms with Gasteiger partial charge < -0.3 is 19.9 Å². The number of pyridine rings is 1. The zero-order valence-electron chi connectivity index (χ0n) is 17.4. The first kappa shape index (κ1) is 19.9. The SMILES string of the molecule is CCN1CCN(c2ccc(Nc3nccc(OCC4CCCCC4)n3)nc2)CC1. The third kappa shape index (κ3) is 5.56. The van der Waals surface area contributed by atoms with Crippen LogP contribution in [0.5, 0.6) is 5.88 Å². The lowest BCUT2D eigenvalue weighted by Gasteiger charge is -2.35. The highest BCUT2D eigenvalue weighted by Crippen LogP contribution is 2.24. The largest absolute Gasteiger partial charge is 0.477 e. The fourth-order valence-corrected chi connectivity index (χ4v) is 4.12. The minimum atomic E-state index is 0.517. The summed E-state index contributed by atoms with van der Waals surface area (Å²) in [5, 5.41) is 3.19. The number of aromatic nitrogens is 3. The number of rotatable bonds is 7. The summed E-state index contributed by atoms with van der Waals surface area (Å²) in [5.74, 6) is 2.54. The number of piperazine rings is 1. The molecule has 2 aliphatic rings. The average molecular weight is 397 g/mol. The monoisotopic (exact) mass is 396 g/mol. The molecule has 2 fully saturated rings. The van der Waals surface area contributed by atoms with Crippen LogP contribution in [0.3, 0.4) is 0 Å². The molecule has 3 heterocycles. The summed E-state index contributed by atoms with van der Waals surface area (Å²) in [6.07, 6.45) is 10.2. The van der Waals surface area contributed by atoms with Crippen molar-refractivity contribution in [3.05, 3.63) is 30.6 Å². The third-order valence-corrected chi connectivity index (χ3v) is 5.99. The molecule has 0 amide bonds. The standard InChI is InChI=1S/C22H32N6O/c1-2-27-12-14-28(15-13-27)19-8-9-20(24-16-19)25-22-23-11-10-21(26-22)29-17-18-6-4-3-5-7-18/h8-11,16,18H,2-7,12-15,17H2,1H3,(H,23,24,25,26). The molecule has 2 aromatic rings. The predicted octanol–water partition coefficient (Wildman–Crippen LogP) is 3.72. The van der Waals surface area contributed by atoms with Gasteiger partial charge in [0.2, 0.25) is 11.8 Å². The smallest absolute Gasteiger partial charge is 0.231 e. The molecule has 4 rings (SSSR count). The van der Waals surface area contributed by atoms with Crippen molar-refractivity contribution in [3.63, 3.8) is 0 Å². The molecule has 1 saturated carbocycles. The van der Waals surface area contributed by atoms with Crippen LogP contribution in [0.15, 0.2) is 30.6 Å². The Morgan fingerprint density at radius 1 is 1.03 bits per heavy atom. The van der Waals surface area contributed by atoms with Crippen molar-refractivity contribution < 1.29 is 4.74 Å². The number of anilines is 3. The van der Waals surface area contributed by atoms with Crippen LogP contribution >= 0.6 is 0 Å². The second kappa shape index (κ2) is 9.87. The van der Waals surface area contributed by atoms with Gasteiger partial charge in [-0.1, -0.05) is 26.2 Å². The second-order valence-electron chi connectivity index (χ2n) is 7.98. The van der Waals surface area contributed by atoms with E-state index in [0.717, 1.165) is 50.8 Å². The van der Waals surface area contributed by atoms with E-state index in [4.69, 9.17) is 4.74 Å². The Hall–Kier alpha value is -2.41. The summed E-state index contributed by atoms with van der Waals surface area (Å²) in [6.45, 7) is 8.40. The minimum Gasteiger partial charge on any atom is -0.477 e. The molecule has 7 nitrogen and oxygen atoms in total. The minimum absolute atomic E-state index is 0.517. The highest BCUT2D eigenvalue weighted by atomic mass is 16.5. The van der Waals surface area contributed by atoms with E-state index in [2.05, 4.69) is 43.1 Å². The number of ether oxygens (including phenoxy) is 1. The molecule has 0 aromatic carbocycles. The van der Waals surface area contributed by atoms with Crippen LogP contribution in [0.2, 0.25) is 0 Å². The summed E-state index contributed by atoms with van der Waals surface area (Å²) in [7, 11) is 0. The first-order valence-corrected chi connectivity index (χ1v) is 11.0. The van der Waals surface area contributed by atoms with Crippen molar-refractivity contribution in [2.45, 2.75) is 39.0 Å². The van der Waals surface area contributed by atoms with E-state index >= 15 is 0 Å². The van der Waals surface area contributed by atoms with E-state index in [1.807, 2.05) is 18.3 Å². The van der Waals surface area contributed by atoms with Crippen LogP contribution in [0, 0.1) is 5.92 Å². The number of nitrogens with one attached hydrogen (secondary N) is 1. The van der Waals surface area contributed by atoms with Gasteiger partial charge in [-0.15, -0.1) is 0 Å². The summed E-state index contributed by atoms with van der Waals surface area (Å²) >= 11 is 0. The highest BCUT2D eigenvalue weighted by Gasteiger charge is 2.16. The van der Waals surface area contributed by atoms with E-state index in [1.165, 1.54) is 32.1 Å². The van der Waals surface area contributed by atoms with E-state index < -0.39 is 0 Å². The Morgan fingerprint density at radius 3 is 2.59 bits per heavy atom. The number of hydrogen-bond acceptors (Lipinski definition) is 7. The molecule has 1 aliphatic carbocycles. The Kier molecular flexibility index (Phi) is 6.77. The van der Waals surface area contributed by atoms with Crippen molar-refractivity contribution in [2.24, 2.45) is 5.92 Å². The zero-order chi connectivity index (χ0) is 19.9. The second-order valence-corrected chi connectivity index (χ2v) is 7.98. The van der Waals surface area contributed by atoms with Gasteiger partial charge in [-0.3, -0.25) is 0 Å². The lowest BCUT2D eigenvalue weighted by Crippen LogP contribution is -2.46. The van der Waals surface area contributed by atoms with Crippen LogP contribution in [-0.2, 0) is 0 Å². The first-order chi connectivity index (χ1) is 14.3. The van der Waals surface area contributed by atoms with Gasteiger partial charge in [-0.25, -0.2) is 9.97 Å². The molecule has 0 spiro atoms. The summed E-state index contributed by atoms with van der Waals surface area (Å²) in [5.41, 5.74) is 1.16. The maximum atomic E-state index is 5.92. The van der Waals surface area contributed by atoms with Crippen molar-refractivity contribution in [1.29, 1.82) is 0 Å². The van der Waals surface area contributed by atoms with Crippen LogP contribution < -0.4 is 15.0 Å². The lowest BCUT2D eigenvalue weighted by atomic mass is 9.90. The molecule has 0 unspecified atom stereocenters. The van der Waals surface area contributed by atoms with Crippen molar-refractivity contribution in [1.82, 2.24) is 19.9 Å². The van der Waals surface area contributed by atoms with Gasteiger partial charge in [0.1, 0.15) is 5.82 Å². The van der Waals surface area contributed by atoms with Gasteiger partial charge in [0, 0.05) is 38.4 Å². The van der Waals surface area contributed by atoms with Crippen LogP contribution in [0.4, 0.5) is 17.5 Å². The van der Waals surface area contributed by atoms with Crippen molar-refractivity contribution >= 4 is 17.5 Å². The van der Waals surface area contributed by atoms with Gasteiger partial charge in [-0.05, 0) is 37.4 Å². The molecule has 7 heteroatoms. The molecule has 1 N–H and O–H groups in total. The molecule has 0 radical (unpaired) electrons. The molecule has 29 heavy (non-hydrogen) atoms. The number of hydrogen-bond donors (Lipinski definition) is 1. The van der Waals surface area contributed by atoms with E-state index in [-0.39, 0.29) is 0 Å². The normalized spacial score (nSPS) is 18.6. The van der Waals surface area contributed by atoms with Gasteiger partial charge >= 0.3 is 0 Å². The van der Waals surface area contributed by atoms with Crippen LogP contribution in [0.1, 0.15) is 39.0 Å². The topological polar surface area (TPSA) is 66.4 Å². The Balaban J connectivity index is 1.31. The summed E-state index contributed by atoms with van der Waals surface area (Å²) in [6, 6.07) is 5.92. The fraction of sp³-hybridized carbons (Fsp3) is 0.591. The highest BCUT2D eigenvalue weighted by molar-refractivity contribution is 5.54. The quantitative estimate of drug-likeness (QED) is 0.765. The molecule has 156 valence electrons. The van der Waals surface area contributed by atoms with Crippen LogP contribution in [-0.4, -0.2) is 59.2 Å². The van der Waals surface area contributed by atoms with E-state index in [9.17, 15) is 0 Å². The molecule has 0 atom stereocenters. The number of nitrogens with zero attached hydrogens (tertiary/aromatic N) is 5. The Labute approximate surface area is 173 Å².